The zero-order valence-corrected chi connectivity index (χ0v) is 10.6. The van der Waals surface area contributed by atoms with Crippen molar-refractivity contribution in [1.82, 2.24) is 5.43 Å². The molecule has 94 valence electrons. The minimum atomic E-state index is 0.0513. The molecular weight excluding hydrogens is 212 g/mol. The molecule has 0 aromatic heterocycles. The number of nitrogens with two attached hydrogens (primary N) is 1. The van der Waals surface area contributed by atoms with E-state index in [4.69, 9.17) is 10.6 Å². The van der Waals surface area contributed by atoms with Crippen LogP contribution < -0.4 is 11.3 Å². The summed E-state index contributed by atoms with van der Waals surface area (Å²) >= 11 is 0. The largest absolute Gasteiger partial charge is 0.380 e. The van der Waals surface area contributed by atoms with Gasteiger partial charge in [0.25, 0.3) is 0 Å². The Morgan fingerprint density at radius 3 is 2.35 bits per heavy atom. The van der Waals surface area contributed by atoms with Crippen LogP contribution >= 0.6 is 0 Å². The van der Waals surface area contributed by atoms with Gasteiger partial charge in [0.2, 0.25) is 0 Å². The highest BCUT2D eigenvalue weighted by Gasteiger charge is 2.21. The quantitative estimate of drug-likeness (QED) is 0.608. The van der Waals surface area contributed by atoms with Gasteiger partial charge in [-0.15, -0.1) is 0 Å². The van der Waals surface area contributed by atoms with Crippen LogP contribution in [0.2, 0.25) is 0 Å². The maximum atomic E-state index is 5.59. The van der Waals surface area contributed by atoms with Gasteiger partial charge in [-0.1, -0.05) is 30.7 Å². The van der Waals surface area contributed by atoms with Gasteiger partial charge in [-0.05, 0) is 36.8 Å². The van der Waals surface area contributed by atoms with Crippen molar-refractivity contribution in [2.24, 2.45) is 5.84 Å². The van der Waals surface area contributed by atoms with Gasteiger partial charge in [0, 0.05) is 7.11 Å². The minimum absolute atomic E-state index is 0.0513. The van der Waals surface area contributed by atoms with Crippen LogP contribution in [0.15, 0.2) is 24.3 Å². The third kappa shape index (κ3) is 2.68. The fourth-order valence-electron chi connectivity index (χ4n) is 2.36. The molecular formula is C14H22N2O. The highest BCUT2D eigenvalue weighted by molar-refractivity contribution is 5.28. The van der Waals surface area contributed by atoms with E-state index in [1.165, 1.54) is 30.4 Å². The number of benzene rings is 1. The Labute approximate surface area is 103 Å². The van der Waals surface area contributed by atoms with Gasteiger partial charge in [-0.25, -0.2) is 0 Å². The van der Waals surface area contributed by atoms with Crippen molar-refractivity contribution in [2.75, 3.05) is 7.11 Å². The van der Waals surface area contributed by atoms with Crippen molar-refractivity contribution >= 4 is 0 Å². The van der Waals surface area contributed by atoms with Crippen LogP contribution in [0.5, 0.6) is 0 Å². The molecule has 2 atom stereocenters. The van der Waals surface area contributed by atoms with E-state index in [2.05, 4.69) is 29.7 Å². The second-order valence-corrected chi connectivity index (χ2v) is 4.88. The molecule has 3 N–H and O–H groups in total. The van der Waals surface area contributed by atoms with Crippen molar-refractivity contribution in [2.45, 2.75) is 44.2 Å². The van der Waals surface area contributed by atoms with Crippen molar-refractivity contribution in [3.05, 3.63) is 35.4 Å². The molecule has 1 aliphatic rings. The Morgan fingerprint density at radius 1 is 1.29 bits per heavy atom. The second kappa shape index (κ2) is 5.63. The third-order valence-corrected chi connectivity index (χ3v) is 3.89. The maximum Gasteiger partial charge on any atom is 0.0750 e. The number of hydrogen-bond donors (Lipinski definition) is 2. The number of nitrogens with one attached hydrogen (secondary N) is 1. The number of methoxy groups -OCH3 is 1. The SMILES string of the molecule is COC(C)C(NN)c1ccc(C2CCC2)cc1. The van der Waals surface area contributed by atoms with E-state index in [0.29, 0.717) is 0 Å². The van der Waals surface area contributed by atoms with Crippen LogP contribution in [0.25, 0.3) is 0 Å². The highest BCUT2D eigenvalue weighted by Crippen LogP contribution is 2.36. The predicted octanol–water partition coefficient (Wildman–Crippen LogP) is 2.49. The van der Waals surface area contributed by atoms with E-state index in [-0.39, 0.29) is 12.1 Å². The fraction of sp³-hybridized carbons (Fsp3) is 0.571. The lowest BCUT2D eigenvalue weighted by Gasteiger charge is -2.27. The first-order valence-electron chi connectivity index (χ1n) is 6.35. The zero-order valence-electron chi connectivity index (χ0n) is 10.6. The second-order valence-electron chi connectivity index (χ2n) is 4.88. The number of hydrazine groups is 1. The molecule has 1 aromatic rings. The number of ether oxygens (including phenoxy) is 1. The molecule has 2 unspecified atom stereocenters. The van der Waals surface area contributed by atoms with E-state index in [9.17, 15) is 0 Å². The Morgan fingerprint density at radius 2 is 1.94 bits per heavy atom. The van der Waals surface area contributed by atoms with Gasteiger partial charge in [0.05, 0.1) is 12.1 Å². The average molecular weight is 234 g/mol. The molecule has 3 heteroatoms. The van der Waals surface area contributed by atoms with E-state index >= 15 is 0 Å². The fourth-order valence-corrected chi connectivity index (χ4v) is 2.36. The van der Waals surface area contributed by atoms with Crippen LogP contribution in [-0.4, -0.2) is 13.2 Å². The molecule has 0 heterocycles. The van der Waals surface area contributed by atoms with Crippen LogP contribution in [0.4, 0.5) is 0 Å². The van der Waals surface area contributed by atoms with Crippen LogP contribution in [0, 0.1) is 0 Å². The topological polar surface area (TPSA) is 47.3 Å². The summed E-state index contributed by atoms with van der Waals surface area (Å²) < 4.78 is 5.33. The molecule has 1 aliphatic carbocycles. The van der Waals surface area contributed by atoms with E-state index < -0.39 is 0 Å². The Hall–Kier alpha value is -0.900. The van der Waals surface area contributed by atoms with Gasteiger partial charge in [0.1, 0.15) is 0 Å². The molecule has 0 radical (unpaired) electrons. The van der Waals surface area contributed by atoms with Gasteiger partial charge < -0.3 is 4.74 Å². The summed E-state index contributed by atoms with van der Waals surface area (Å²) in [4.78, 5) is 0. The molecule has 2 rings (SSSR count). The Balaban J connectivity index is 2.09. The molecule has 0 amide bonds. The Kier molecular flexibility index (Phi) is 4.15. The predicted molar refractivity (Wildman–Crippen MR) is 69.6 cm³/mol. The van der Waals surface area contributed by atoms with Gasteiger partial charge in [0.15, 0.2) is 0 Å². The van der Waals surface area contributed by atoms with E-state index in [1.807, 2.05) is 6.92 Å². The number of hydrogen-bond acceptors (Lipinski definition) is 3. The molecule has 17 heavy (non-hydrogen) atoms. The van der Waals surface area contributed by atoms with Crippen molar-refractivity contribution < 1.29 is 4.74 Å². The summed E-state index contributed by atoms with van der Waals surface area (Å²) in [5, 5.41) is 0. The third-order valence-electron chi connectivity index (χ3n) is 3.89. The van der Waals surface area contributed by atoms with Crippen LogP contribution in [0.3, 0.4) is 0 Å². The standard InChI is InChI=1S/C14H22N2O/c1-10(17-2)14(16-15)13-8-6-12(7-9-13)11-4-3-5-11/h6-11,14,16H,3-5,15H2,1-2H3. The zero-order chi connectivity index (χ0) is 12.3. The minimum Gasteiger partial charge on any atom is -0.380 e. The lowest BCUT2D eigenvalue weighted by atomic mass is 9.80. The molecule has 1 saturated carbocycles. The number of rotatable bonds is 5. The summed E-state index contributed by atoms with van der Waals surface area (Å²) in [5.41, 5.74) is 5.46. The first kappa shape index (κ1) is 12.6. The summed E-state index contributed by atoms with van der Waals surface area (Å²) in [6.45, 7) is 2.02. The molecule has 1 aromatic carbocycles. The monoisotopic (exact) mass is 234 g/mol. The van der Waals surface area contributed by atoms with Gasteiger partial charge >= 0.3 is 0 Å². The first-order valence-corrected chi connectivity index (χ1v) is 6.35. The summed E-state index contributed by atoms with van der Waals surface area (Å²) in [5.74, 6) is 6.37. The molecule has 0 spiro atoms. The van der Waals surface area contributed by atoms with Crippen molar-refractivity contribution in [3.8, 4) is 0 Å². The smallest absolute Gasteiger partial charge is 0.0750 e. The van der Waals surface area contributed by atoms with Gasteiger partial charge in [-0.2, -0.15) is 0 Å². The lowest BCUT2D eigenvalue weighted by Crippen LogP contribution is -2.36. The van der Waals surface area contributed by atoms with Crippen LogP contribution in [0.1, 0.15) is 49.3 Å². The van der Waals surface area contributed by atoms with Crippen molar-refractivity contribution in [3.63, 3.8) is 0 Å². The van der Waals surface area contributed by atoms with Gasteiger partial charge in [-0.3, -0.25) is 11.3 Å². The Bertz CT molecular complexity index is 346. The maximum absolute atomic E-state index is 5.59. The van der Waals surface area contributed by atoms with Crippen LogP contribution in [-0.2, 0) is 4.74 Å². The highest BCUT2D eigenvalue weighted by atomic mass is 16.5. The first-order chi connectivity index (χ1) is 8.26. The summed E-state index contributed by atoms with van der Waals surface area (Å²) in [6, 6.07) is 8.83. The lowest BCUT2D eigenvalue weighted by molar-refractivity contribution is 0.0831. The normalized spacial score (nSPS) is 19.7. The van der Waals surface area contributed by atoms with E-state index in [0.717, 1.165) is 5.92 Å². The van der Waals surface area contributed by atoms with Crippen molar-refractivity contribution in [1.29, 1.82) is 0 Å². The average Bonchev–Trinajstić information content (AvgIpc) is 2.29. The summed E-state index contributed by atoms with van der Waals surface area (Å²) in [7, 11) is 1.71. The molecule has 0 aliphatic heterocycles. The molecule has 1 fully saturated rings. The van der Waals surface area contributed by atoms with E-state index in [1.54, 1.807) is 7.11 Å². The molecule has 0 saturated heterocycles. The molecule has 3 nitrogen and oxygen atoms in total. The molecule has 0 bridgehead atoms. The summed E-state index contributed by atoms with van der Waals surface area (Å²) in [6.07, 6.45) is 4.12.